The number of pyridine rings is 1. The van der Waals surface area contributed by atoms with Gasteiger partial charge in [-0.1, -0.05) is 12.1 Å². The molecule has 0 aliphatic heterocycles. The van der Waals surface area contributed by atoms with Gasteiger partial charge >= 0.3 is 12.1 Å². The average Bonchev–Trinajstić information content (AvgIpc) is 3.18. The topological polar surface area (TPSA) is 140 Å². The quantitative estimate of drug-likeness (QED) is 0.576. The lowest BCUT2D eigenvalue weighted by Crippen LogP contribution is -2.29. The molecule has 0 radical (unpaired) electrons. The van der Waals surface area contributed by atoms with Crippen molar-refractivity contribution in [2.24, 2.45) is 13.0 Å². The molecule has 1 fully saturated rings. The van der Waals surface area contributed by atoms with E-state index in [1.165, 1.54) is 9.58 Å². The van der Waals surface area contributed by atoms with Crippen molar-refractivity contribution >= 4 is 12.1 Å². The van der Waals surface area contributed by atoms with Crippen LogP contribution in [0.25, 0.3) is 11.4 Å². The van der Waals surface area contributed by atoms with Crippen LogP contribution in [0.1, 0.15) is 50.4 Å². The summed E-state index contributed by atoms with van der Waals surface area (Å²) in [7, 11) is 3.37. The number of nitrogens with zero attached hydrogens (tertiary/aromatic N) is 5. The normalized spacial score (nSPS) is 18.1. The number of carboxylic acids is 1. The number of aromatic nitrogens is 4. The number of aliphatic carboxylic acids is 1. The van der Waals surface area contributed by atoms with Gasteiger partial charge in [-0.3, -0.25) is 4.79 Å². The lowest BCUT2D eigenvalue weighted by molar-refractivity contribution is -0.143. The Labute approximate surface area is 192 Å². The predicted octanol–water partition coefficient (Wildman–Crippen LogP) is 2.37. The maximum Gasteiger partial charge on any atom is 0.409 e. The molecule has 0 spiro atoms. The Hall–Kier alpha value is -3.21. The number of carbonyl (C=O) groups excluding carboxylic acids is 1. The number of hydrogen-bond acceptors (Lipinski definition) is 8. The highest BCUT2D eigenvalue weighted by Crippen LogP contribution is 2.31. The summed E-state index contributed by atoms with van der Waals surface area (Å²) in [5.41, 5.74) is 1.78. The first-order valence-corrected chi connectivity index (χ1v) is 11.1. The Morgan fingerprint density at radius 3 is 2.79 bits per heavy atom. The fourth-order valence-corrected chi connectivity index (χ4v) is 3.90. The molecular formula is C22H31N5O6. The minimum Gasteiger partial charge on any atom is -0.488 e. The molecule has 3 rings (SSSR count). The van der Waals surface area contributed by atoms with E-state index in [4.69, 9.17) is 9.47 Å². The smallest absolute Gasteiger partial charge is 0.409 e. The number of rotatable bonds is 9. The highest BCUT2D eigenvalue weighted by Gasteiger charge is 2.29. The third kappa shape index (κ3) is 5.98. The van der Waals surface area contributed by atoms with E-state index in [9.17, 15) is 19.8 Å². The molecule has 11 nitrogen and oxygen atoms in total. The van der Waals surface area contributed by atoms with Gasteiger partial charge in [0.1, 0.15) is 29.4 Å². The first-order valence-electron chi connectivity index (χ1n) is 11.1. The second-order valence-electron chi connectivity index (χ2n) is 8.23. The summed E-state index contributed by atoms with van der Waals surface area (Å²) in [6, 6.07) is 3.39. The Kier molecular flexibility index (Phi) is 8.21. The zero-order valence-electron chi connectivity index (χ0n) is 19.2. The van der Waals surface area contributed by atoms with Crippen LogP contribution >= 0.6 is 0 Å². The van der Waals surface area contributed by atoms with Crippen molar-refractivity contribution in [2.75, 3.05) is 13.6 Å². The third-order valence-corrected chi connectivity index (χ3v) is 5.74. The van der Waals surface area contributed by atoms with Gasteiger partial charge in [-0.15, -0.1) is 5.10 Å². The molecule has 2 aromatic heterocycles. The van der Waals surface area contributed by atoms with Crippen LogP contribution in [0.3, 0.4) is 0 Å². The molecule has 1 saturated carbocycles. The summed E-state index contributed by atoms with van der Waals surface area (Å²) >= 11 is 0. The molecule has 2 aromatic rings. The van der Waals surface area contributed by atoms with Crippen molar-refractivity contribution in [3.63, 3.8) is 0 Å². The van der Waals surface area contributed by atoms with E-state index in [1.54, 1.807) is 26.2 Å². The second-order valence-corrected chi connectivity index (χ2v) is 8.23. The molecule has 0 aromatic carbocycles. The highest BCUT2D eigenvalue weighted by atomic mass is 16.6. The summed E-state index contributed by atoms with van der Waals surface area (Å²) in [5.74, 6) is -0.818. The Morgan fingerprint density at radius 1 is 1.30 bits per heavy atom. The molecule has 2 heterocycles. The van der Waals surface area contributed by atoms with E-state index in [1.807, 2.05) is 6.92 Å². The minimum absolute atomic E-state index is 0.0290. The molecule has 0 unspecified atom stereocenters. The molecule has 1 amide bonds. The lowest BCUT2D eigenvalue weighted by Gasteiger charge is -2.27. The van der Waals surface area contributed by atoms with Gasteiger partial charge in [0.2, 0.25) is 0 Å². The highest BCUT2D eigenvalue weighted by molar-refractivity contribution is 5.70. The molecule has 2 atom stereocenters. The van der Waals surface area contributed by atoms with E-state index >= 15 is 0 Å². The van der Waals surface area contributed by atoms with Gasteiger partial charge < -0.3 is 24.6 Å². The number of aliphatic hydroxyl groups excluding tert-OH is 1. The SMILES string of the molecule is CCCN(C)C(=O)OCc1c(-c2ccc(O[C@H]3CCC[C@H](C(=O)O)C3)c(CO)n2)nnn1C. The molecule has 1 aliphatic carbocycles. The number of hydrogen-bond donors (Lipinski definition) is 2. The van der Waals surface area contributed by atoms with Gasteiger partial charge in [-0.05, 0) is 44.2 Å². The molecule has 33 heavy (non-hydrogen) atoms. The van der Waals surface area contributed by atoms with Crippen molar-refractivity contribution in [2.45, 2.75) is 58.3 Å². The fourth-order valence-electron chi connectivity index (χ4n) is 3.90. The van der Waals surface area contributed by atoms with Gasteiger partial charge in [0.05, 0.1) is 24.3 Å². The standard InChI is InChI=1S/C22H31N5O6/c1-4-10-26(2)22(31)32-13-18-20(24-25-27(18)3)16-8-9-19(17(12-28)23-16)33-15-7-5-6-14(11-15)21(29)30/h8-9,14-15,28H,4-7,10-13H2,1-3H3,(H,29,30)/t14-,15-/m0/s1. The van der Waals surface area contributed by atoms with Gasteiger partial charge in [0, 0.05) is 20.6 Å². The van der Waals surface area contributed by atoms with Gasteiger partial charge in [0.15, 0.2) is 0 Å². The van der Waals surface area contributed by atoms with E-state index in [0.717, 1.165) is 19.3 Å². The second kappa shape index (κ2) is 11.1. The molecule has 1 aliphatic rings. The van der Waals surface area contributed by atoms with Crippen molar-refractivity contribution in [1.29, 1.82) is 0 Å². The van der Waals surface area contributed by atoms with Crippen LogP contribution in [0, 0.1) is 5.92 Å². The summed E-state index contributed by atoms with van der Waals surface area (Å²) in [6.45, 7) is 2.18. The van der Waals surface area contributed by atoms with Crippen LogP contribution in [0.4, 0.5) is 4.79 Å². The maximum atomic E-state index is 12.1. The molecule has 11 heteroatoms. The number of ether oxygens (including phenoxy) is 2. The Balaban J connectivity index is 1.75. The molecule has 0 bridgehead atoms. The largest absolute Gasteiger partial charge is 0.488 e. The average molecular weight is 462 g/mol. The number of amides is 1. The molecule has 0 saturated heterocycles. The first kappa shape index (κ1) is 24.4. The molecule has 2 N–H and O–H groups in total. The fraction of sp³-hybridized carbons (Fsp3) is 0.591. The van der Waals surface area contributed by atoms with Crippen molar-refractivity contribution < 1.29 is 29.3 Å². The van der Waals surface area contributed by atoms with Crippen LogP contribution in [0.15, 0.2) is 12.1 Å². The zero-order chi connectivity index (χ0) is 24.0. The predicted molar refractivity (Wildman–Crippen MR) is 117 cm³/mol. The van der Waals surface area contributed by atoms with Crippen molar-refractivity contribution in [3.8, 4) is 17.1 Å². The van der Waals surface area contributed by atoms with E-state index in [2.05, 4.69) is 15.3 Å². The molecular weight excluding hydrogens is 430 g/mol. The van der Waals surface area contributed by atoms with Crippen LogP contribution in [-0.4, -0.2) is 66.8 Å². The monoisotopic (exact) mass is 461 g/mol. The van der Waals surface area contributed by atoms with Gasteiger partial charge in [-0.2, -0.15) is 0 Å². The van der Waals surface area contributed by atoms with Gasteiger partial charge in [-0.25, -0.2) is 14.5 Å². The van der Waals surface area contributed by atoms with E-state index in [0.29, 0.717) is 47.9 Å². The lowest BCUT2D eigenvalue weighted by atomic mass is 9.87. The zero-order valence-corrected chi connectivity index (χ0v) is 19.2. The number of aryl methyl sites for hydroxylation is 1. The number of carbonyl (C=O) groups is 2. The molecule has 180 valence electrons. The number of carboxylic acid groups (broad SMARTS) is 1. The number of aliphatic hydroxyl groups is 1. The Morgan fingerprint density at radius 2 is 2.09 bits per heavy atom. The van der Waals surface area contributed by atoms with Crippen LogP contribution in [0.2, 0.25) is 0 Å². The maximum absolute atomic E-state index is 12.1. The minimum atomic E-state index is -0.809. The van der Waals surface area contributed by atoms with Crippen LogP contribution in [0.5, 0.6) is 5.75 Å². The summed E-state index contributed by atoms with van der Waals surface area (Å²) < 4.78 is 12.9. The summed E-state index contributed by atoms with van der Waals surface area (Å²) in [5, 5.41) is 27.3. The summed E-state index contributed by atoms with van der Waals surface area (Å²) in [4.78, 5) is 29.4. The third-order valence-electron chi connectivity index (χ3n) is 5.74. The van der Waals surface area contributed by atoms with Crippen LogP contribution < -0.4 is 4.74 Å². The van der Waals surface area contributed by atoms with Crippen molar-refractivity contribution in [3.05, 3.63) is 23.5 Å². The Bertz CT molecular complexity index is 978. The van der Waals surface area contributed by atoms with Gasteiger partial charge in [0.25, 0.3) is 0 Å². The first-order chi connectivity index (χ1) is 15.8. The summed E-state index contributed by atoms with van der Waals surface area (Å²) in [6.07, 6.45) is 2.73. The van der Waals surface area contributed by atoms with E-state index in [-0.39, 0.29) is 19.3 Å². The van der Waals surface area contributed by atoms with E-state index < -0.39 is 18.0 Å². The van der Waals surface area contributed by atoms with Crippen molar-refractivity contribution in [1.82, 2.24) is 24.9 Å². The van der Waals surface area contributed by atoms with Crippen LogP contribution in [-0.2, 0) is 29.8 Å².